The van der Waals surface area contributed by atoms with Gasteiger partial charge in [-0.1, -0.05) is 0 Å². The molecule has 1 heterocycles. The monoisotopic (exact) mass is 239 g/mol. The van der Waals surface area contributed by atoms with Crippen molar-refractivity contribution in [2.45, 2.75) is 38.1 Å². The van der Waals surface area contributed by atoms with Crippen LogP contribution in [0.3, 0.4) is 0 Å². The predicted molar refractivity (Wildman–Crippen MR) is 64.5 cm³/mol. The summed E-state index contributed by atoms with van der Waals surface area (Å²) in [6.07, 6.45) is 4.31. The lowest BCUT2D eigenvalue weighted by molar-refractivity contribution is -0.122. The Bertz CT molecular complexity index is 362. The lowest BCUT2D eigenvalue weighted by Crippen LogP contribution is -2.30. The first-order chi connectivity index (χ1) is 7.81. The number of thiophene rings is 1. The number of aryl methyl sites for hydroxylation is 1. The van der Waals surface area contributed by atoms with E-state index < -0.39 is 0 Å². The van der Waals surface area contributed by atoms with E-state index in [0.29, 0.717) is 12.8 Å². The van der Waals surface area contributed by atoms with E-state index in [1.54, 1.807) is 11.3 Å². The first kappa shape index (κ1) is 11.6. The Morgan fingerprint density at radius 2 is 2.50 bits per heavy atom. The maximum absolute atomic E-state index is 11.6. The highest BCUT2D eigenvalue weighted by Gasteiger charge is 2.22. The molecule has 4 heteroatoms. The summed E-state index contributed by atoms with van der Waals surface area (Å²) in [5.74, 6) is 0.0538. The van der Waals surface area contributed by atoms with Crippen LogP contribution >= 0.6 is 11.3 Å². The van der Waals surface area contributed by atoms with Gasteiger partial charge in [0.05, 0.1) is 6.04 Å². The van der Waals surface area contributed by atoms with Crippen molar-refractivity contribution < 1.29 is 9.90 Å². The second-order valence-corrected chi connectivity index (χ2v) is 5.14. The highest BCUT2D eigenvalue weighted by molar-refractivity contribution is 7.10. The third-order valence-electron chi connectivity index (χ3n) is 2.95. The topological polar surface area (TPSA) is 49.3 Å². The molecule has 0 fully saturated rings. The normalized spacial score (nSPS) is 19.2. The number of carbonyl (C=O) groups is 1. The van der Waals surface area contributed by atoms with Crippen molar-refractivity contribution in [2.75, 3.05) is 6.61 Å². The zero-order valence-corrected chi connectivity index (χ0v) is 10.1. The van der Waals surface area contributed by atoms with Gasteiger partial charge in [-0.25, -0.2) is 0 Å². The largest absolute Gasteiger partial charge is 0.396 e. The van der Waals surface area contributed by atoms with Crippen LogP contribution in [0.4, 0.5) is 0 Å². The molecule has 1 amide bonds. The first-order valence-electron chi connectivity index (χ1n) is 5.77. The molecular weight excluding hydrogens is 222 g/mol. The van der Waals surface area contributed by atoms with Gasteiger partial charge in [-0.3, -0.25) is 4.79 Å². The number of fused-ring (bicyclic) bond motifs is 1. The SMILES string of the molecule is O=C(CCCO)NC1CCCc2sccc21. The third-order valence-corrected chi connectivity index (χ3v) is 3.95. The smallest absolute Gasteiger partial charge is 0.220 e. The van der Waals surface area contributed by atoms with Crippen LogP contribution in [0.15, 0.2) is 11.4 Å². The summed E-state index contributed by atoms with van der Waals surface area (Å²) >= 11 is 1.78. The maximum atomic E-state index is 11.6. The molecule has 0 saturated heterocycles. The number of nitrogens with one attached hydrogen (secondary N) is 1. The first-order valence-corrected chi connectivity index (χ1v) is 6.65. The van der Waals surface area contributed by atoms with E-state index in [9.17, 15) is 4.79 Å². The number of rotatable bonds is 4. The Labute approximate surface area is 99.5 Å². The lowest BCUT2D eigenvalue weighted by Gasteiger charge is -2.23. The Morgan fingerprint density at radius 3 is 3.31 bits per heavy atom. The van der Waals surface area contributed by atoms with Crippen molar-refractivity contribution in [3.05, 3.63) is 21.9 Å². The molecule has 16 heavy (non-hydrogen) atoms. The second kappa shape index (κ2) is 5.46. The van der Waals surface area contributed by atoms with Gasteiger partial charge >= 0.3 is 0 Å². The predicted octanol–water partition coefficient (Wildman–Crippen LogP) is 2.01. The van der Waals surface area contributed by atoms with Crippen LogP contribution in [0.2, 0.25) is 0 Å². The van der Waals surface area contributed by atoms with Crippen LogP contribution < -0.4 is 5.32 Å². The summed E-state index contributed by atoms with van der Waals surface area (Å²) in [5, 5.41) is 13.8. The van der Waals surface area contributed by atoms with Crippen molar-refractivity contribution in [3.63, 3.8) is 0 Å². The van der Waals surface area contributed by atoms with E-state index in [1.165, 1.54) is 10.4 Å². The summed E-state index contributed by atoms with van der Waals surface area (Å²) in [5.41, 5.74) is 1.30. The van der Waals surface area contributed by atoms with Gasteiger partial charge in [-0.2, -0.15) is 0 Å². The summed E-state index contributed by atoms with van der Waals surface area (Å²) in [6, 6.07) is 2.32. The third kappa shape index (κ3) is 2.62. The van der Waals surface area contributed by atoms with Gasteiger partial charge in [-0.05, 0) is 42.7 Å². The Balaban J connectivity index is 1.94. The fourth-order valence-electron chi connectivity index (χ4n) is 2.14. The molecule has 2 rings (SSSR count). The summed E-state index contributed by atoms with van der Waals surface area (Å²) < 4.78 is 0. The molecule has 0 saturated carbocycles. The van der Waals surface area contributed by atoms with Gasteiger partial charge in [0.1, 0.15) is 0 Å². The van der Waals surface area contributed by atoms with Crippen LogP contribution in [0.5, 0.6) is 0 Å². The number of aliphatic hydroxyl groups excluding tert-OH is 1. The zero-order valence-electron chi connectivity index (χ0n) is 9.24. The standard InChI is InChI=1S/C12H17NO2S/c14-7-2-5-12(15)13-10-3-1-4-11-9(10)6-8-16-11/h6,8,10,14H,1-5,7H2,(H,13,15). The molecule has 1 aromatic rings. The van der Waals surface area contributed by atoms with Crippen molar-refractivity contribution >= 4 is 17.2 Å². The molecule has 1 unspecified atom stereocenters. The number of amides is 1. The summed E-state index contributed by atoms with van der Waals surface area (Å²) in [4.78, 5) is 13.0. The van der Waals surface area contributed by atoms with Crippen LogP contribution in [0.25, 0.3) is 0 Å². The molecule has 0 spiro atoms. The van der Waals surface area contributed by atoms with E-state index in [0.717, 1.165) is 19.3 Å². The van der Waals surface area contributed by atoms with E-state index >= 15 is 0 Å². The fraction of sp³-hybridized carbons (Fsp3) is 0.583. The molecule has 3 nitrogen and oxygen atoms in total. The molecule has 88 valence electrons. The van der Waals surface area contributed by atoms with Crippen molar-refractivity contribution in [1.29, 1.82) is 0 Å². The van der Waals surface area contributed by atoms with Gasteiger partial charge in [-0.15, -0.1) is 11.3 Å². The van der Waals surface area contributed by atoms with E-state index in [1.807, 2.05) is 0 Å². The zero-order chi connectivity index (χ0) is 11.4. The average molecular weight is 239 g/mol. The van der Waals surface area contributed by atoms with Gasteiger partial charge in [0, 0.05) is 17.9 Å². The fourth-order valence-corrected chi connectivity index (χ4v) is 3.13. The minimum Gasteiger partial charge on any atom is -0.396 e. The van der Waals surface area contributed by atoms with E-state index in [2.05, 4.69) is 16.8 Å². The Morgan fingerprint density at radius 1 is 1.62 bits per heavy atom. The van der Waals surface area contributed by atoms with Crippen LogP contribution in [-0.2, 0) is 11.2 Å². The van der Waals surface area contributed by atoms with Gasteiger partial charge in [0.25, 0.3) is 0 Å². The quantitative estimate of drug-likeness (QED) is 0.844. The summed E-state index contributed by atoms with van der Waals surface area (Å²) in [6.45, 7) is 0.0851. The Hall–Kier alpha value is -0.870. The van der Waals surface area contributed by atoms with E-state index in [-0.39, 0.29) is 18.6 Å². The van der Waals surface area contributed by atoms with Crippen LogP contribution in [0.1, 0.15) is 42.2 Å². The Kier molecular flexibility index (Phi) is 3.96. The van der Waals surface area contributed by atoms with Crippen LogP contribution in [-0.4, -0.2) is 17.6 Å². The molecule has 1 aliphatic rings. The molecule has 2 N–H and O–H groups in total. The second-order valence-electron chi connectivity index (χ2n) is 4.14. The number of carbonyl (C=O) groups excluding carboxylic acids is 1. The van der Waals surface area contributed by atoms with Gasteiger partial charge in [0.2, 0.25) is 5.91 Å². The van der Waals surface area contributed by atoms with Crippen molar-refractivity contribution in [2.24, 2.45) is 0 Å². The molecular formula is C12H17NO2S. The van der Waals surface area contributed by atoms with E-state index in [4.69, 9.17) is 5.11 Å². The van der Waals surface area contributed by atoms with Crippen molar-refractivity contribution in [1.82, 2.24) is 5.32 Å². The van der Waals surface area contributed by atoms with Crippen molar-refractivity contribution in [3.8, 4) is 0 Å². The molecule has 1 atom stereocenters. The minimum absolute atomic E-state index is 0.0538. The number of aliphatic hydroxyl groups is 1. The highest BCUT2D eigenvalue weighted by atomic mass is 32.1. The number of hydrogen-bond donors (Lipinski definition) is 2. The lowest BCUT2D eigenvalue weighted by atomic mass is 9.94. The van der Waals surface area contributed by atoms with Gasteiger partial charge in [0.15, 0.2) is 0 Å². The highest BCUT2D eigenvalue weighted by Crippen LogP contribution is 2.33. The number of hydrogen-bond acceptors (Lipinski definition) is 3. The molecule has 0 bridgehead atoms. The average Bonchev–Trinajstić information content (AvgIpc) is 2.75. The maximum Gasteiger partial charge on any atom is 0.220 e. The molecule has 0 aliphatic heterocycles. The van der Waals surface area contributed by atoms with Crippen LogP contribution in [0, 0.1) is 0 Å². The van der Waals surface area contributed by atoms with Gasteiger partial charge < -0.3 is 10.4 Å². The molecule has 0 aromatic carbocycles. The minimum atomic E-state index is 0.0538. The molecule has 1 aliphatic carbocycles. The summed E-state index contributed by atoms with van der Waals surface area (Å²) in [7, 11) is 0. The molecule has 0 radical (unpaired) electrons. The molecule has 1 aromatic heterocycles.